The van der Waals surface area contributed by atoms with Crippen LogP contribution in [0.3, 0.4) is 0 Å². The monoisotopic (exact) mass is 381 g/mol. The summed E-state index contributed by atoms with van der Waals surface area (Å²) in [5.74, 6) is 1.02. The highest BCUT2D eigenvalue weighted by atomic mass is 16.5. The highest BCUT2D eigenvalue weighted by Crippen LogP contribution is 2.15. The maximum absolute atomic E-state index is 12.4. The lowest BCUT2D eigenvalue weighted by atomic mass is 10.1. The van der Waals surface area contributed by atoms with Crippen molar-refractivity contribution in [2.24, 2.45) is 0 Å². The highest BCUT2D eigenvalue weighted by Gasteiger charge is 2.20. The maximum Gasteiger partial charge on any atom is 0.234 e. The molecule has 5 nitrogen and oxygen atoms in total. The first-order chi connectivity index (χ1) is 13.6. The number of nitrogens with zero attached hydrogens (tertiary/aromatic N) is 2. The Bertz CT molecular complexity index is 725. The molecule has 28 heavy (non-hydrogen) atoms. The third kappa shape index (κ3) is 6.08. The van der Waals surface area contributed by atoms with E-state index in [2.05, 4.69) is 27.2 Å². The van der Waals surface area contributed by atoms with Crippen molar-refractivity contribution < 1.29 is 9.53 Å². The number of piperazine rings is 1. The van der Waals surface area contributed by atoms with Crippen molar-refractivity contribution in [1.82, 2.24) is 15.1 Å². The highest BCUT2D eigenvalue weighted by molar-refractivity contribution is 5.78. The SMILES string of the molecule is CCOc1ccc(CN2CCN(CC(=O)NC(C)c3ccccc3)CC2)cc1. The summed E-state index contributed by atoms with van der Waals surface area (Å²) in [6.45, 7) is 9.93. The number of amides is 1. The Morgan fingerprint density at radius 3 is 2.29 bits per heavy atom. The zero-order valence-corrected chi connectivity index (χ0v) is 16.9. The van der Waals surface area contributed by atoms with E-state index in [9.17, 15) is 4.79 Å². The molecule has 1 unspecified atom stereocenters. The lowest BCUT2D eigenvalue weighted by Crippen LogP contribution is -2.49. The van der Waals surface area contributed by atoms with Crippen LogP contribution < -0.4 is 10.1 Å². The fraction of sp³-hybridized carbons (Fsp3) is 0.435. The van der Waals surface area contributed by atoms with Crippen molar-refractivity contribution in [3.8, 4) is 5.75 Å². The summed E-state index contributed by atoms with van der Waals surface area (Å²) >= 11 is 0. The molecule has 1 amide bonds. The molecule has 0 spiro atoms. The minimum atomic E-state index is 0.0367. The van der Waals surface area contributed by atoms with Gasteiger partial charge in [0.15, 0.2) is 0 Å². The summed E-state index contributed by atoms with van der Waals surface area (Å²) in [5.41, 5.74) is 2.43. The van der Waals surface area contributed by atoms with Crippen LogP contribution in [0.5, 0.6) is 5.75 Å². The van der Waals surface area contributed by atoms with Crippen molar-refractivity contribution in [3.63, 3.8) is 0 Å². The fourth-order valence-electron chi connectivity index (χ4n) is 3.54. The van der Waals surface area contributed by atoms with Crippen LogP contribution in [0.4, 0.5) is 0 Å². The van der Waals surface area contributed by atoms with Gasteiger partial charge in [-0.2, -0.15) is 0 Å². The van der Waals surface area contributed by atoms with Crippen molar-refractivity contribution in [2.45, 2.75) is 26.4 Å². The average molecular weight is 382 g/mol. The van der Waals surface area contributed by atoms with E-state index in [0.717, 1.165) is 44.0 Å². The predicted octanol–water partition coefficient (Wildman–Crippen LogP) is 3.08. The third-order valence-electron chi connectivity index (χ3n) is 5.15. The lowest BCUT2D eigenvalue weighted by Gasteiger charge is -2.34. The largest absolute Gasteiger partial charge is 0.494 e. The first-order valence-electron chi connectivity index (χ1n) is 10.1. The number of benzene rings is 2. The van der Waals surface area contributed by atoms with Gasteiger partial charge in [-0.1, -0.05) is 42.5 Å². The molecule has 1 saturated heterocycles. The van der Waals surface area contributed by atoms with Gasteiger partial charge in [0, 0.05) is 32.7 Å². The van der Waals surface area contributed by atoms with Gasteiger partial charge in [-0.15, -0.1) is 0 Å². The number of carbonyl (C=O) groups excluding carboxylic acids is 1. The molecule has 2 aromatic carbocycles. The van der Waals surface area contributed by atoms with Gasteiger partial charge in [0.25, 0.3) is 0 Å². The summed E-state index contributed by atoms with van der Waals surface area (Å²) < 4.78 is 5.50. The number of hydrogen-bond acceptors (Lipinski definition) is 4. The Labute approximate surface area is 168 Å². The van der Waals surface area contributed by atoms with Gasteiger partial charge in [-0.05, 0) is 37.1 Å². The molecule has 1 fully saturated rings. The van der Waals surface area contributed by atoms with Gasteiger partial charge < -0.3 is 10.1 Å². The molecule has 0 saturated carbocycles. The van der Waals surface area contributed by atoms with E-state index >= 15 is 0 Å². The van der Waals surface area contributed by atoms with Gasteiger partial charge in [0.2, 0.25) is 5.91 Å². The minimum absolute atomic E-state index is 0.0367. The molecule has 1 aliphatic rings. The molecule has 5 heteroatoms. The molecule has 2 aromatic rings. The average Bonchev–Trinajstić information content (AvgIpc) is 2.72. The summed E-state index contributed by atoms with van der Waals surface area (Å²) in [4.78, 5) is 17.1. The smallest absolute Gasteiger partial charge is 0.234 e. The molecule has 150 valence electrons. The quantitative estimate of drug-likeness (QED) is 0.763. The van der Waals surface area contributed by atoms with Crippen molar-refractivity contribution in [3.05, 3.63) is 65.7 Å². The molecule has 1 N–H and O–H groups in total. The van der Waals surface area contributed by atoms with Crippen LogP contribution in [0.25, 0.3) is 0 Å². The van der Waals surface area contributed by atoms with E-state index in [1.54, 1.807) is 0 Å². The topological polar surface area (TPSA) is 44.8 Å². The Balaban J connectivity index is 1.39. The van der Waals surface area contributed by atoms with Crippen molar-refractivity contribution in [1.29, 1.82) is 0 Å². The van der Waals surface area contributed by atoms with E-state index in [1.807, 2.05) is 56.3 Å². The standard InChI is InChI=1S/C23H31N3O2/c1-3-28-22-11-9-20(10-12-22)17-25-13-15-26(16-14-25)18-23(27)24-19(2)21-7-5-4-6-8-21/h4-12,19H,3,13-18H2,1-2H3,(H,24,27). The molecule has 0 bridgehead atoms. The van der Waals surface area contributed by atoms with E-state index < -0.39 is 0 Å². The van der Waals surface area contributed by atoms with E-state index in [0.29, 0.717) is 13.2 Å². The zero-order valence-electron chi connectivity index (χ0n) is 16.9. The van der Waals surface area contributed by atoms with Gasteiger partial charge in [0.1, 0.15) is 5.75 Å². The van der Waals surface area contributed by atoms with Crippen molar-refractivity contribution >= 4 is 5.91 Å². The second-order valence-corrected chi connectivity index (χ2v) is 7.33. The number of carbonyl (C=O) groups is 1. The Hall–Kier alpha value is -2.37. The van der Waals surface area contributed by atoms with Crippen LogP contribution in [-0.2, 0) is 11.3 Å². The third-order valence-corrected chi connectivity index (χ3v) is 5.15. The van der Waals surface area contributed by atoms with Gasteiger partial charge in [-0.3, -0.25) is 14.6 Å². The predicted molar refractivity (Wildman–Crippen MR) is 112 cm³/mol. The number of hydrogen-bond donors (Lipinski definition) is 1. The Kier molecular flexibility index (Phi) is 7.46. The molecule has 1 atom stereocenters. The molecule has 0 aromatic heterocycles. The van der Waals surface area contributed by atoms with Gasteiger partial charge in [-0.25, -0.2) is 0 Å². The molecular weight excluding hydrogens is 350 g/mol. The molecule has 1 heterocycles. The van der Waals surface area contributed by atoms with Gasteiger partial charge in [0.05, 0.1) is 19.2 Å². The van der Waals surface area contributed by atoms with Crippen LogP contribution in [-0.4, -0.2) is 55.0 Å². The summed E-state index contributed by atoms with van der Waals surface area (Å²) in [6.07, 6.45) is 0. The Morgan fingerprint density at radius 2 is 1.64 bits per heavy atom. The molecule has 1 aliphatic heterocycles. The fourth-order valence-corrected chi connectivity index (χ4v) is 3.54. The van der Waals surface area contributed by atoms with E-state index in [4.69, 9.17) is 4.74 Å². The number of nitrogens with one attached hydrogen (secondary N) is 1. The number of ether oxygens (including phenoxy) is 1. The van der Waals surface area contributed by atoms with Crippen LogP contribution >= 0.6 is 0 Å². The zero-order chi connectivity index (χ0) is 19.8. The second kappa shape index (κ2) is 10.2. The first kappa shape index (κ1) is 20.4. The Morgan fingerprint density at radius 1 is 1.00 bits per heavy atom. The first-order valence-corrected chi connectivity index (χ1v) is 10.1. The van der Waals surface area contributed by atoms with E-state index in [1.165, 1.54) is 5.56 Å². The molecule has 3 rings (SSSR count). The van der Waals surface area contributed by atoms with Crippen LogP contribution in [0, 0.1) is 0 Å². The molecule has 0 aliphatic carbocycles. The maximum atomic E-state index is 12.4. The van der Waals surface area contributed by atoms with Gasteiger partial charge >= 0.3 is 0 Å². The summed E-state index contributed by atoms with van der Waals surface area (Å²) in [5, 5.41) is 3.10. The molecular formula is C23H31N3O2. The minimum Gasteiger partial charge on any atom is -0.494 e. The van der Waals surface area contributed by atoms with Crippen molar-refractivity contribution in [2.75, 3.05) is 39.3 Å². The molecule has 0 radical (unpaired) electrons. The second-order valence-electron chi connectivity index (χ2n) is 7.33. The summed E-state index contributed by atoms with van der Waals surface area (Å²) in [7, 11) is 0. The normalized spacial score (nSPS) is 16.5. The van der Waals surface area contributed by atoms with Crippen LogP contribution in [0.15, 0.2) is 54.6 Å². The van der Waals surface area contributed by atoms with Crippen LogP contribution in [0.2, 0.25) is 0 Å². The summed E-state index contributed by atoms with van der Waals surface area (Å²) in [6, 6.07) is 18.5. The number of rotatable bonds is 8. The van der Waals surface area contributed by atoms with Crippen LogP contribution in [0.1, 0.15) is 31.0 Å². The lowest BCUT2D eigenvalue weighted by molar-refractivity contribution is -0.123. The van der Waals surface area contributed by atoms with E-state index in [-0.39, 0.29) is 11.9 Å².